The number of methoxy groups -OCH3 is 1. The zero-order valence-corrected chi connectivity index (χ0v) is 19.1. The Morgan fingerprint density at radius 2 is 1.66 bits per heavy atom. The Hall–Kier alpha value is -4.33. The largest absolute Gasteiger partial charge is 0.496 e. The third-order valence-electron chi connectivity index (χ3n) is 6.18. The number of aromatic nitrogens is 2. The fourth-order valence-corrected chi connectivity index (χ4v) is 4.37. The van der Waals surface area contributed by atoms with Gasteiger partial charge in [-0.3, -0.25) is 19.6 Å². The van der Waals surface area contributed by atoms with Crippen LogP contribution in [0.2, 0.25) is 0 Å². The molecule has 0 unspecified atom stereocenters. The van der Waals surface area contributed by atoms with Gasteiger partial charge in [0.2, 0.25) is 0 Å². The van der Waals surface area contributed by atoms with Crippen LogP contribution < -0.4 is 4.74 Å². The van der Waals surface area contributed by atoms with Gasteiger partial charge in [-0.1, -0.05) is 30.3 Å². The molecule has 0 bridgehead atoms. The van der Waals surface area contributed by atoms with Crippen LogP contribution in [-0.4, -0.2) is 64.9 Å². The molecule has 2 aromatic carbocycles. The first-order chi connectivity index (χ1) is 17.0. The van der Waals surface area contributed by atoms with Crippen LogP contribution in [0, 0.1) is 5.82 Å². The number of nitrogens with zero attached hydrogens (tertiary/aromatic N) is 4. The smallest absolute Gasteiger partial charge is 0.257 e. The van der Waals surface area contributed by atoms with Crippen LogP contribution in [0.25, 0.3) is 22.0 Å². The standard InChI is InChI=1S/C27H23FN4O3/c1-35-24-15-19(22-6-2-4-18-5-3-9-30-25(18)22)7-8-23(24)27(34)32-12-10-31(11-13-32)26(33)20-14-21(28)17-29-16-20/h2-9,14-17H,10-13H2,1H3. The molecule has 0 atom stereocenters. The van der Waals surface area contributed by atoms with Crippen molar-refractivity contribution in [1.29, 1.82) is 0 Å². The summed E-state index contributed by atoms with van der Waals surface area (Å²) in [6, 6.07) is 16.6. The van der Waals surface area contributed by atoms with E-state index in [2.05, 4.69) is 9.97 Å². The lowest BCUT2D eigenvalue weighted by Gasteiger charge is -2.35. The lowest BCUT2D eigenvalue weighted by Crippen LogP contribution is -2.50. The summed E-state index contributed by atoms with van der Waals surface area (Å²) in [5.41, 5.74) is 3.40. The fourth-order valence-electron chi connectivity index (χ4n) is 4.37. The number of para-hydroxylation sites is 1. The van der Waals surface area contributed by atoms with E-state index in [9.17, 15) is 14.0 Å². The number of amides is 2. The van der Waals surface area contributed by atoms with Crippen molar-refractivity contribution in [3.63, 3.8) is 0 Å². The lowest BCUT2D eigenvalue weighted by molar-refractivity contribution is 0.0533. The summed E-state index contributed by atoms with van der Waals surface area (Å²) in [4.78, 5) is 37.5. The summed E-state index contributed by atoms with van der Waals surface area (Å²) in [5.74, 6) is -0.539. The molecule has 7 nitrogen and oxygen atoms in total. The molecule has 0 N–H and O–H groups in total. The number of fused-ring (bicyclic) bond motifs is 1. The Bertz CT molecular complexity index is 1410. The van der Waals surface area contributed by atoms with Gasteiger partial charge in [-0.25, -0.2) is 4.39 Å². The molecule has 8 heteroatoms. The van der Waals surface area contributed by atoms with Crippen molar-refractivity contribution >= 4 is 22.7 Å². The molecule has 1 saturated heterocycles. The van der Waals surface area contributed by atoms with E-state index in [0.29, 0.717) is 37.5 Å². The van der Waals surface area contributed by atoms with Gasteiger partial charge in [0.1, 0.15) is 11.6 Å². The van der Waals surface area contributed by atoms with Gasteiger partial charge in [0.15, 0.2) is 0 Å². The number of benzene rings is 2. The van der Waals surface area contributed by atoms with E-state index in [1.807, 2.05) is 42.5 Å². The maximum absolute atomic E-state index is 13.4. The van der Waals surface area contributed by atoms with E-state index >= 15 is 0 Å². The van der Waals surface area contributed by atoms with E-state index in [1.165, 1.54) is 12.3 Å². The number of piperazine rings is 1. The third kappa shape index (κ3) is 4.42. The van der Waals surface area contributed by atoms with Gasteiger partial charge < -0.3 is 14.5 Å². The Morgan fingerprint density at radius 3 is 2.40 bits per heavy atom. The minimum atomic E-state index is -0.556. The summed E-state index contributed by atoms with van der Waals surface area (Å²) in [6.45, 7) is 1.43. The van der Waals surface area contributed by atoms with Crippen LogP contribution in [0.3, 0.4) is 0 Å². The second-order valence-corrected chi connectivity index (χ2v) is 8.27. The minimum Gasteiger partial charge on any atom is -0.496 e. The van der Waals surface area contributed by atoms with Crippen LogP contribution in [0.1, 0.15) is 20.7 Å². The number of halogens is 1. The topological polar surface area (TPSA) is 75.6 Å². The third-order valence-corrected chi connectivity index (χ3v) is 6.18. The summed E-state index contributed by atoms with van der Waals surface area (Å²) < 4.78 is 19.0. The Balaban J connectivity index is 1.33. The normalized spacial score (nSPS) is 13.7. The van der Waals surface area contributed by atoms with Crippen LogP contribution in [0.5, 0.6) is 5.75 Å². The van der Waals surface area contributed by atoms with Gasteiger partial charge in [-0.05, 0) is 29.8 Å². The van der Waals surface area contributed by atoms with Crippen molar-refractivity contribution in [3.05, 3.63) is 90.1 Å². The molecule has 1 fully saturated rings. The fraction of sp³-hybridized carbons (Fsp3) is 0.185. The van der Waals surface area contributed by atoms with Gasteiger partial charge in [0.05, 0.1) is 30.0 Å². The van der Waals surface area contributed by atoms with E-state index in [0.717, 1.165) is 28.2 Å². The highest BCUT2D eigenvalue weighted by Crippen LogP contribution is 2.32. The van der Waals surface area contributed by atoms with Gasteiger partial charge in [0, 0.05) is 49.5 Å². The second-order valence-electron chi connectivity index (χ2n) is 8.27. The Kier molecular flexibility index (Phi) is 6.10. The number of hydrogen-bond acceptors (Lipinski definition) is 5. The molecule has 5 rings (SSSR count). The average Bonchev–Trinajstić information content (AvgIpc) is 2.91. The van der Waals surface area contributed by atoms with Crippen molar-refractivity contribution in [2.45, 2.75) is 0 Å². The monoisotopic (exact) mass is 470 g/mol. The van der Waals surface area contributed by atoms with E-state index in [1.54, 1.807) is 29.2 Å². The highest BCUT2D eigenvalue weighted by molar-refractivity contribution is 6.00. The van der Waals surface area contributed by atoms with Crippen molar-refractivity contribution in [3.8, 4) is 16.9 Å². The molecule has 2 amide bonds. The van der Waals surface area contributed by atoms with Crippen LogP contribution in [0.15, 0.2) is 73.2 Å². The molecular weight excluding hydrogens is 447 g/mol. The first kappa shape index (κ1) is 22.5. The van der Waals surface area contributed by atoms with Crippen molar-refractivity contribution in [2.24, 2.45) is 0 Å². The number of ether oxygens (including phenoxy) is 1. The minimum absolute atomic E-state index is 0.163. The predicted octanol–water partition coefficient (Wildman–Crippen LogP) is 4.04. The molecule has 1 aliphatic heterocycles. The molecule has 0 saturated carbocycles. The summed E-state index contributed by atoms with van der Waals surface area (Å²) in [6.07, 6.45) is 4.17. The van der Waals surface area contributed by atoms with E-state index in [-0.39, 0.29) is 17.4 Å². The second kappa shape index (κ2) is 9.50. The summed E-state index contributed by atoms with van der Waals surface area (Å²) in [7, 11) is 1.54. The predicted molar refractivity (Wildman–Crippen MR) is 130 cm³/mol. The first-order valence-electron chi connectivity index (χ1n) is 11.3. The molecule has 4 aromatic rings. The molecule has 2 aromatic heterocycles. The summed E-state index contributed by atoms with van der Waals surface area (Å²) >= 11 is 0. The molecular formula is C27H23FN4O3. The van der Waals surface area contributed by atoms with Crippen LogP contribution >= 0.6 is 0 Å². The molecule has 0 spiro atoms. The van der Waals surface area contributed by atoms with E-state index in [4.69, 9.17) is 4.74 Å². The maximum atomic E-state index is 13.4. The molecule has 35 heavy (non-hydrogen) atoms. The first-order valence-corrected chi connectivity index (χ1v) is 11.3. The van der Waals surface area contributed by atoms with Gasteiger partial charge in [-0.2, -0.15) is 0 Å². The maximum Gasteiger partial charge on any atom is 0.257 e. The number of carbonyl (C=O) groups excluding carboxylic acids is 2. The van der Waals surface area contributed by atoms with E-state index < -0.39 is 5.82 Å². The zero-order chi connectivity index (χ0) is 24.4. The molecule has 1 aliphatic rings. The van der Waals surface area contributed by atoms with Crippen molar-refractivity contribution in [2.75, 3.05) is 33.3 Å². The molecule has 0 aliphatic carbocycles. The quantitative estimate of drug-likeness (QED) is 0.450. The average molecular weight is 471 g/mol. The number of pyridine rings is 2. The molecule has 176 valence electrons. The van der Waals surface area contributed by atoms with Crippen molar-refractivity contribution in [1.82, 2.24) is 19.8 Å². The van der Waals surface area contributed by atoms with Crippen molar-refractivity contribution < 1.29 is 18.7 Å². The van der Waals surface area contributed by atoms with Crippen LogP contribution in [0.4, 0.5) is 4.39 Å². The SMILES string of the molecule is COc1cc(-c2cccc3cccnc23)ccc1C(=O)N1CCN(C(=O)c2cncc(F)c2)CC1. The lowest BCUT2D eigenvalue weighted by atomic mass is 9.99. The van der Waals surface area contributed by atoms with Gasteiger partial charge in [0.25, 0.3) is 11.8 Å². The highest BCUT2D eigenvalue weighted by atomic mass is 19.1. The van der Waals surface area contributed by atoms with Crippen LogP contribution in [-0.2, 0) is 0 Å². The summed E-state index contributed by atoms with van der Waals surface area (Å²) in [5, 5.41) is 1.03. The van der Waals surface area contributed by atoms with Gasteiger partial charge >= 0.3 is 0 Å². The highest BCUT2D eigenvalue weighted by Gasteiger charge is 2.27. The van der Waals surface area contributed by atoms with Gasteiger partial charge in [-0.15, -0.1) is 0 Å². The zero-order valence-electron chi connectivity index (χ0n) is 19.1. The number of rotatable bonds is 4. The Morgan fingerprint density at radius 1 is 0.914 bits per heavy atom. The number of carbonyl (C=O) groups is 2. The molecule has 3 heterocycles. The number of hydrogen-bond donors (Lipinski definition) is 0. The Labute approximate surface area is 201 Å². The molecule has 0 radical (unpaired) electrons.